The summed E-state index contributed by atoms with van der Waals surface area (Å²) >= 11 is 0. The second kappa shape index (κ2) is 5.92. The van der Waals surface area contributed by atoms with E-state index in [-0.39, 0.29) is 0 Å². The highest BCUT2D eigenvalue weighted by Gasteiger charge is 2.19. The number of para-hydroxylation sites is 1. The fraction of sp³-hybridized carbons (Fsp3) is 0.286. The van der Waals surface area contributed by atoms with Gasteiger partial charge in [0, 0.05) is 10.9 Å². The molecule has 0 amide bonds. The number of fused-ring (bicyclic) bond motifs is 1. The van der Waals surface area contributed by atoms with E-state index in [4.69, 9.17) is 4.98 Å². The summed E-state index contributed by atoms with van der Waals surface area (Å²) < 4.78 is 0. The average molecular weight is 287 g/mol. The van der Waals surface area contributed by atoms with Gasteiger partial charge in [0.25, 0.3) is 0 Å². The molecule has 110 valence electrons. The van der Waals surface area contributed by atoms with Gasteiger partial charge in [-0.1, -0.05) is 67.8 Å². The van der Waals surface area contributed by atoms with Gasteiger partial charge >= 0.3 is 0 Å². The lowest BCUT2D eigenvalue weighted by Gasteiger charge is -2.24. The van der Waals surface area contributed by atoms with Gasteiger partial charge in [0.05, 0.1) is 11.2 Å². The zero-order valence-corrected chi connectivity index (χ0v) is 12.8. The quantitative estimate of drug-likeness (QED) is 0.567. The lowest BCUT2D eigenvalue weighted by atomic mass is 9.82. The van der Waals surface area contributed by atoms with Crippen LogP contribution in [0.25, 0.3) is 22.2 Å². The third-order valence-corrected chi connectivity index (χ3v) is 4.86. The predicted octanol–water partition coefficient (Wildman–Crippen LogP) is 5.95. The second-order valence-corrected chi connectivity index (χ2v) is 6.31. The van der Waals surface area contributed by atoms with Crippen LogP contribution in [-0.2, 0) is 0 Å². The van der Waals surface area contributed by atoms with Crippen molar-refractivity contribution in [3.63, 3.8) is 0 Å². The van der Waals surface area contributed by atoms with Crippen LogP contribution in [0, 0.1) is 0 Å². The van der Waals surface area contributed by atoms with Crippen LogP contribution in [0.4, 0.5) is 0 Å². The Kier molecular flexibility index (Phi) is 3.64. The molecule has 22 heavy (non-hydrogen) atoms. The maximum Gasteiger partial charge on any atom is 0.0712 e. The Bertz CT molecular complexity index is 770. The smallest absolute Gasteiger partial charge is 0.0712 e. The van der Waals surface area contributed by atoms with E-state index in [0.717, 1.165) is 11.2 Å². The minimum Gasteiger partial charge on any atom is -0.248 e. The Morgan fingerprint density at radius 2 is 1.50 bits per heavy atom. The predicted molar refractivity (Wildman–Crippen MR) is 93.0 cm³/mol. The van der Waals surface area contributed by atoms with Gasteiger partial charge in [-0.25, -0.2) is 4.98 Å². The summed E-state index contributed by atoms with van der Waals surface area (Å²) in [6.07, 6.45) is 6.76. The van der Waals surface area contributed by atoms with Gasteiger partial charge in [0.2, 0.25) is 0 Å². The lowest BCUT2D eigenvalue weighted by molar-refractivity contribution is 0.445. The molecule has 0 spiro atoms. The summed E-state index contributed by atoms with van der Waals surface area (Å²) in [5, 5.41) is 1.34. The first kappa shape index (κ1) is 13.5. The number of aromatic nitrogens is 1. The molecular weight excluding hydrogens is 266 g/mol. The van der Waals surface area contributed by atoms with Gasteiger partial charge in [-0.15, -0.1) is 0 Å². The summed E-state index contributed by atoms with van der Waals surface area (Å²) in [7, 11) is 0. The van der Waals surface area contributed by atoms with Crippen LogP contribution in [-0.4, -0.2) is 4.98 Å². The van der Waals surface area contributed by atoms with Crippen LogP contribution in [0.2, 0.25) is 0 Å². The highest BCUT2D eigenvalue weighted by Crippen LogP contribution is 2.37. The van der Waals surface area contributed by atoms with Crippen molar-refractivity contribution in [2.75, 3.05) is 0 Å². The summed E-state index contributed by atoms with van der Waals surface area (Å²) in [4.78, 5) is 4.90. The van der Waals surface area contributed by atoms with Gasteiger partial charge in [0.15, 0.2) is 0 Å². The minimum absolute atomic E-state index is 0.698. The Balaban J connectivity index is 1.89. The number of rotatable bonds is 2. The zero-order chi connectivity index (χ0) is 14.8. The molecule has 0 saturated heterocycles. The van der Waals surface area contributed by atoms with Crippen molar-refractivity contribution in [2.45, 2.75) is 38.0 Å². The highest BCUT2D eigenvalue weighted by molar-refractivity contribution is 5.85. The third-order valence-electron chi connectivity index (χ3n) is 4.86. The molecular formula is C21H21N. The zero-order valence-electron chi connectivity index (χ0n) is 12.8. The van der Waals surface area contributed by atoms with Crippen molar-refractivity contribution < 1.29 is 0 Å². The van der Waals surface area contributed by atoms with Crippen molar-refractivity contribution in [2.24, 2.45) is 0 Å². The molecule has 1 aromatic heterocycles. The summed E-state index contributed by atoms with van der Waals surface area (Å²) in [5.74, 6) is 0.698. The molecule has 1 fully saturated rings. The first-order chi connectivity index (χ1) is 10.9. The molecule has 0 radical (unpaired) electrons. The van der Waals surface area contributed by atoms with E-state index in [1.807, 2.05) is 0 Å². The Morgan fingerprint density at radius 3 is 2.32 bits per heavy atom. The van der Waals surface area contributed by atoms with Crippen LogP contribution >= 0.6 is 0 Å². The normalized spacial score (nSPS) is 16.0. The van der Waals surface area contributed by atoms with E-state index < -0.39 is 0 Å². The molecule has 3 aromatic rings. The molecule has 1 heterocycles. The standard InChI is InChI=1S/C21H21N/c1-3-9-16(10-4-1)19-15-21(17-11-5-2-6-12-17)22-20-14-8-7-13-18(19)20/h2,5-8,11-16H,1,3-4,9-10H2. The number of nitrogens with zero attached hydrogens (tertiary/aromatic N) is 1. The van der Waals surface area contributed by atoms with Crippen molar-refractivity contribution in [3.8, 4) is 11.3 Å². The second-order valence-electron chi connectivity index (χ2n) is 6.31. The first-order valence-corrected chi connectivity index (χ1v) is 8.37. The summed E-state index contributed by atoms with van der Waals surface area (Å²) in [5.41, 5.74) is 4.96. The van der Waals surface area contributed by atoms with Crippen LogP contribution in [0.15, 0.2) is 60.7 Å². The largest absolute Gasteiger partial charge is 0.248 e. The average Bonchev–Trinajstić information content (AvgIpc) is 2.62. The van der Waals surface area contributed by atoms with Gasteiger partial charge < -0.3 is 0 Å². The van der Waals surface area contributed by atoms with Crippen molar-refractivity contribution in [3.05, 3.63) is 66.2 Å². The molecule has 4 rings (SSSR count). The van der Waals surface area contributed by atoms with Gasteiger partial charge in [-0.05, 0) is 36.5 Å². The van der Waals surface area contributed by atoms with Gasteiger partial charge in [0.1, 0.15) is 0 Å². The van der Waals surface area contributed by atoms with Gasteiger partial charge in [-0.3, -0.25) is 0 Å². The SMILES string of the molecule is c1ccc(-c2cc(C3CCCCC3)c3ccccc3n2)cc1. The lowest BCUT2D eigenvalue weighted by Crippen LogP contribution is -2.06. The minimum atomic E-state index is 0.698. The molecule has 1 heteroatoms. The molecule has 0 unspecified atom stereocenters. The monoisotopic (exact) mass is 287 g/mol. The molecule has 1 aliphatic carbocycles. The van der Waals surface area contributed by atoms with Crippen LogP contribution in [0.5, 0.6) is 0 Å². The number of hydrogen-bond donors (Lipinski definition) is 0. The topological polar surface area (TPSA) is 12.9 Å². The van der Waals surface area contributed by atoms with Crippen molar-refractivity contribution >= 4 is 10.9 Å². The molecule has 0 aliphatic heterocycles. The Morgan fingerprint density at radius 1 is 0.773 bits per heavy atom. The Labute approximate surface area is 132 Å². The van der Waals surface area contributed by atoms with E-state index in [0.29, 0.717) is 5.92 Å². The number of pyridine rings is 1. The fourth-order valence-electron chi connectivity index (χ4n) is 3.71. The molecule has 2 aromatic carbocycles. The van der Waals surface area contributed by atoms with Crippen LogP contribution in [0.1, 0.15) is 43.6 Å². The van der Waals surface area contributed by atoms with E-state index in [1.165, 1.54) is 48.6 Å². The van der Waals surface area contributed by atoms with Crippen LogP contribution < -0.4 is 0 Å². The molecule has 1 saturated carbocycles. The molecule has 0 bridgehead atoms. The number of hydrogen-bond acceptors (Lipinski definition) is 1. The van der Waals surface area contributed by atoms with Gasteiger partial charge in [-0.2, -0.15) is 0 Å². The Hall–Kier alpha value is -2.15. The van der Waals surface area contributed by atoms with E-state index in [2.05, 4.69) is 60.7 Å². The van der Waals surface area contributed by atoms with Crippen molar-refractivity contribution in [1.29, 1.82) is 0 Å². The fourth-order valence-corrected chi connectivity index (χ4v) is 3.71. The molecule has 0 atom stereocenters. The molecule has 1 nitrogen and oxygen atoms in total. The maximum atomic E-state index is 4.90. The molecule has 0 N–H and O–H groups in total. The molecule has 1 aliphatic rings. The van der Waals surface area contributed by atoms with E-state index >= 15 is 0 Å². The highest BCUT2D eigenvalue weighted by atomic mass is 14.7. The van der Waals surface area contributed by atoms with E-state index in [1.54, 1.807) is 0 Å². The van der Waals surface area contributed by atoms with Crippen molar-refractivity contribution in [1.82, 2.24) is 4.98 Å². The summed E-state index contributed by atoms with van der Waals surface area (Å²) in [6.45, 7) is 0. The third kappa shape index (κ3) is 2.52. The van der Waals surface area contributed by atoms with E-state index in [9.17, 15) is 0 Å². The first-order valence-electron chi connectivity index (χ1n) is 8.37. The maximum absolute atomic E-state index is 4.90. The summed E-state index contributed by atoms with van der Waals surface area (Å²) in [6, 6.07) is 21.5. The van der Waals surface area contributed by atoms with Crippen LogP contribution in [0.3, 0.4) is 0 Å². The number of benzene rings is 2.